The molecule has 1 aromatic heterocycles. The van der Waals surface area contributed by atoms with E-state index in [2.05, 4.69) is 55.0 Å². The number of benzene rings is 2. The molecule has 1 heterocycles. The van der Waals surface area contributed by atoms with Gasteiger partial charge in [-0.15, -0.1) is 5.10 Å². The van der Waals surface area contributed by atoms with E-state index in [1.165, 1.54) is 0 Å². The standard InChI is InChI=1S/C23H30ClN5O2S/c1-15(2)25-14-21-16(3)29(28-26-21)22-13-18(24)9-12-20(22)27-32(30,31)19-10-7-17(8-11-19)23(4,5)6/h7-13,15,25,27H,14H2,1-6H3. The van der Waals surface area contributed by atoms with Crippen LogP contribution >= 0.6 is 11.6 Å². The van der Waals surface area contributed by atoms with Crippen LogP contribution < -0.4 is 10.0 Å². The van der Waals surface area contributed by atoms with E-state index < -0.39 is 10.0 Å². The highest BCUT2D eigenvalue weighted by atomic mass is 35.5. The van der Waals surface area contributed by atoms with Crippen LogP contribution in [0.25, 0.3) is 5.69 Å². The van der Waals surface area contributed by atoms with E-state index in [4.69, 9.17) is 11.6 Å². The normalized spacial score (nSPS) is 12.4. The van der Waals surface area contributed by atoms with Gasteiger partial charge in [0.15, 0.2) is 0 Å². The number of nitrogens with zero attached hydrogens (tertiary/aromatic N) is 3. The van der Waals surface area contributed by atoms with Crippen LogP contribution in [0.4, 0.5) is 5.69 Å². The zero-order valence-corrected chi connectivity index (χ0v) is 20.8. The lowest BCUT2D eigenvalue weighted by atomic mass is 9.87. The lowest BCUT2D eigenvalue weighted by molar-refractivity contribution is 0.579. The van der Waals surface area contributed by atoms with Crippen molar-refractivity contribution < 1.29 is 8.42 Å². The molecule has 32 heavy (non-hydrogen) atoms. The zero-order valence-electron chi connectivity index (χ0n) is 19.3. The Bertz CT molecular complexity index is 1200. The maximum absolute atomic E-state index is 13.1. The Kier molecular flexibility index (Phi) is 6.97. The van der Waals surface area contributed by atoms with Gasteiger partial charge in [-0.3, -0.25) is 4.72 Å². The fraction of sp³-hybridized carbons (Fsp3) is 0.391. The second-order valence-corrected chi connectivity index (χ2v) is 11.2. The summed E-state index contributed by atoms with van der Waals surface area (Å²) in [5.74, 6) is 0. The minimum absolute atomic E-state index is 0.0637. The van der Waals surface area contributed by atoms with Gasteiger partial charge in [0.05, 0.1) is 27.7 Å². The molecule has 0 saturated heterocycles. The molecular weight excluding hydrogens is 446 g/mol. The quantitative estimate of drug-likeness (QED) is 0.511. The van der Waals surface area contributed by atoms with Gasteiger partial charge in [-0.2, -0.15) is 0 Å². The zero-order chi connectivity index (χ0) is 23.7. The van der Waals surface area contributed by atoms with E-state index >= 15 is 0 Å². The molecule has 0 amide bonds. The molecule has 0 fully saturated rings. The van der Waals surface area contributed by atoms with Crippen molar-refractivity contribution in [2.75, 3.05) is 4.72 Å². The first kappa shape index (κ1) is 24.2. The van der Waals surface area contributed by atoms with Crippen molar-refractivity contribution in [1.29, 1.82) is 0 Å². The molecule has 2 N–H and O–H groups in total. The fourth-order valence-corrected chi connectivity index (χ4v) is 4.40. The molecule has 0 saturated carbocycles. The predicted octanol–water partition coefficient (Wildman–Crippen LogP) is 4.83. The van der Waals surface area contributed by atoms with Crippen molar-refractivity contribution in [3.63, 3.8) is 0 Å². The second kappa shape index (κ2) is 9.21. The number of hydrogen-bond acceptors (Lipinski definition) is 5. The number of halogens is 1. The van der Waals surface area contributed by atoms with E-state index in [-0.39, 0.29) is 10.3 Å². The highest BCUT2D eigenvalue weighted by Crippen LogP contribution is 2.29. The summed E-state index contributed by atoms with van der Waals surface area (Å²) in [5.41, 5.74) is 3.45. The van der Waals surface area contributed by atoms with E-state index in [9.17, 15) is 8.42 Å². The van der Waals surface area contributed by atoms with E-state index in [0.717, 1.165) is 17.0 Å². The topological polar surface area (TPSA) is 88.9 Å². The molecule has 0 atom stereocenters. The van der Waals surface area contributed by atoms with Crippen molar-refractivity contribution in [3.05, 3.63) is 64.4 Å². The van der Waals surface area contributed by atoms with Crippen LogP contribution in [0.15, 0.2) is 47.4 Å². The number of aromatic nitrogens is 3. The molecule has 0 unspecified atom stereocenters. The van der Waals surface area contributed by atoms with Crippen molar-refractivity contribution in [2.24, 2.45) is 0 Å². The van der Waals surface area contributed by atoms with Crippen LogP contribution in [0.2, 0.25) is 5.02 Å². The molecule has 3 rings (SSSR count). The van der Waals surface area contributed by atoms with Crippen molar-refractivity contribution in [3.8, 4) is 5.69 Å². The summed E-state index contributed by atoms with van der Waals surface area (Å²) in [4.78, 5) is 0.184. The van der Waals surface area contributed by atoms with Gasteiger partial charge in [0, 0.05) is 17.6 Å². The first-order valence-electron chi connectivity index (χ1n) is 10.5. The summed E-state index contributed by atoms with van der Waals surface area (Å²) in [7, 11) is -3.81. The third kappa shape index (κ3) is 5.49. The summed E-state index contributed by atoms with van der Waals surface area (Å²) in [6.45, 7) is 12.8. The molecule has 172 valence electrons. The Hall–Kier alpha value is -2.42. The number of rotatable bonds is 7. The van der Waals surface area contributed by atoms with Crippen molar-refractivity contribution >= 4 is 27.3 Å². The molecule has 0 aliphatic carbocycles. The van der Waals surface area contributed by atoms with Crippen molar-refractivity contribution in [1.82, 2.24) is 20.3 Å². The number of sulfonamides is 1. The lowest BCUT2D eigenvalue weighted by Crippen LogP contribution is -2.22. The Balaban J connectivity index is 1.95. The van der Waals surface area contributed by atoms with Gasteiger partial charge in [0.1, 0.15) is 0 Å². The average Bonchev–Trinajstić information content (AvgIpc) is 3.07. The van der Waals surface area contributed by atoms with Gasteiger partial charge in [-0.1, -0.05) is 63.6 Å². The Morgan fingerprint density at radius 1 is 1.09 bits per heavy atom. The molecular formula is C23H30ClN5O2S. The summed E-state index contributed by atoms with van der Waals surface area (Å²) >= 11 is 6.23. The largest absolute Gasteiger partial charge is 0.309 e. The van der Waals surface area contributed by atoms with Gasteiger partial charge in [0.2, 0.25) is 0 Å². The van der Waals surface area contributed by atoms with E-state index in [1.54, 1.807) is 35.0 Å². The van der Waals surface area contributed by atoms with Gasteiger partial charge in [0.25, 0.3) is 10.0 Å². The minimum Gasteiger partial charge on any atom is -0.309 e. The molecule has 0 radical (unpaired) electrons. The van der Waals surface area contributed by atoms with Crippen molar-refractivity contribution in [2.45, 2.75) is 64.4 Å². The second-order valence-electron chi connectivity index (χ2n) is 9.11. The highest BCUT2D eigenvalue weighted by molar-refractivity contribution is 7.92. The fourth-order valence-electron chi connectivity index (χ4n) is 3.16. The van der Waals surface area contributed by atoms with Gasteiger partial charge in [-0.25, -0.2) is 13.1 Å². The van der Waals surface area contributed by atoms with Crippen LogP contribution in [0, 0.1) is 6.92 Å². The maximum Gasteiger partial charge on any atom is 0.261 e. The number of hydrogen-bond donors (Lipinski definition) is 2. The highest BCUT2D eigenvalue weighted by Gasteiger charge is 2.21. The third-order valence-electron chi connectivity index (χ3n) is 5.13. The monoisotopic (exact) mass is 475 g/mol. The SMILES string of the molecule is Cc1c(CNC(C)C)nnn1-c1cc(Cl)ccc1NS(=O)(=O)c1ccc(C(C)(C)C)cc1. The minimum atomic E-state index is -3.81. The molecule has 0 aliphatic rings. The van der Waals surface area contributed by atoms with Crippen LogP contribution in [0.3, 0.4) is 0 Å². The summed E-state index contributed by atoms with van der Waals surface area (Å²) in [5, 5.41) is 12.3. The smallest absolute Gasteiger partial charge is 0.261 e. The molecule has 9 heteroatoms. The molecule has 3 aromatic rings. The maximum atomic E-state index is 13.1. The molecule has 0 aliphatic heterocycles. The predicted molar refractivity (Wildman–Crippen MR) is 129 cm³/mol. The molecule has 0 bridgehead atoms. The van der Waals surface area contributed by atoms with Crippen LogP contribution in [-0.2, 0) is 22.0 Å². The van der Waals surface area contributed by atoms with Gasteiger partial charge < -0.3 is 5.32 Å². The molecule has 2 aromatic carbocycles. The summed E-state index contributed by atoms with van der Waals surface area (Å²) in [6.07, 6.45) is 0. The van der Waals surface area contributed by atoms with Crippen LogP contribution in [0.1, 0.15) is 51.6 Å². The Morgan fingerprint density at radius 3 is 2.34 bits per heavy atom. The summed E-state index contributed by atoms with van der Waals surface area (Å²) < 4.78 is 30.5. The van der Waals surface area contributed by atoms with Crippen LogP contribution in [0.5, 0.6) is 0 Å². The lowest BCUT2D eigenvalue weighted by Gasteiger charge is -2.19. The first-order valence-corrected chi connectivity index (χ1v) is 12.3. The van der Waals surface area contributed by atoms with E-state index in [1.807, 2.05) is 19.1 Å². The third-order valence-corrected chi connectivity index (χ3v) is 6.75. The number of anilines is 1. The first-order chi connectivity index (χ1) is 14.9. The molecule has 0 spiro atoms. The van der Waals surface area contributed by atoms with Gasteiger partial charge >= 0.3 is 0 Å². The van der Waals surface area contributed by atoms with Gasteiger partial charge in [-0.05, 0) is 48.2 Å². The average molecular weight is 476 g/mol. The number of nitrogens with one attached hydrogen (secondary N) is 2. The summed E-state index contributed by atoms with van der Waals surface area (Å²) in [6, 6.07) is 12.2. The molecule has 7 nitrogen and oxygen atoms in total. The van der Waals surface area contributed by atoms with E-state index in [0.29, 0.717) is 29.0 Å². The van der Waals surface area contributed by atoms with Crippen LogP contribution in [-0.4, -0.2) is 29.5 Å². The Labute approximate surface area is 195 Å². The Morgan fingerprint density at radius 2 is 1.75 bits per heavy atom.